The van der Waals surface area contributed by atoms with Crippen molar-refractivity contribution in [3.05, 3.63) is 77.0 Å². The lowest BCUT2D eigenvalue weighted by Crippen LogP contribution is -2.15. The number of thioether (sulfide) groups is 1. The van der Waals surface area contributed by atoms with Gasteiger partial charge in [0.2, 0.25) is 5.91 Å². The van der Waals surface area contributed by atoms with E-state index in [0.29, 0.717) is 5.16 Å². The molecule has 0 aliphatic heterocycles. The number of halogens is 1. The van der Waals surface area contributed by atoms with Gasteiger partial charge in [-0.3, -0.25) is 9.36 Å². The predicted octanol–water partition coefficient (Wildman–Crippen LogP) is 5.22. The minimum atomic E-state index is -0.0953. The molecule has 0 aliphatic rings. The van der Waals surface area contributed by atoms with E-state index in [-0.39, 0.29) is 11.7 Å². The molecule has 4 rings (SSSR count). The maximum Gasteiger partial charge on any atom is 0.234 e. The first-order valence-electron chi connectivity index (χ1n) is 8.71. The number of fused-ring (bicyclic) bond motifs is 1. The third-order valence-corrected chi connectivity index (χ3v) is 5.90. The maximum atomic E-state index is 12.4. The van der Waals surface area contributed by atoms with Crippen molar-refractivity contribution < 1.29 is 4.79 Å². The van der Waals surface area contributed by atoms with Crippen LogP contribution >= 0.6 is 27.7 Å². The molecular formula is C21H17BrN4OS. The van der Waals surface area contributed by atoms with Crippen LogP contribution in [0.5, 0.6) is 0 Å². The molecule has 0 radical (unpaired) electrons. The fourth-order valence-electron chi connectivity index (χ4n) is 3.00. The number of nitrogens with zero attached hydrogens (tertiary/aromatic N) is 3. The lowest BCUT2D eigenvalue weighted by molar-refractivity contribution is -0.113. The highest BCUT2D eigenvalue weighted by molar-refractivity contribution is 9.10. The second-order valence-corrected chi connectivity index (χ2v) is 7.98. The molecule has 7 heteroatoms. The molecule has 0 saturated heterocycles. The van der Waals surface area contributed by atoms with Gasteiger partial charge in [0.05, 0.1) is 17.1 Å². The molecule has 28 heavy (non-hydrogen) atoms. The number of rotatable bonds is 5. The first-order valence-corrected chi connectivity index (χ1v) is 10.5. The molecule has 1 heterocycles. The summed E-state index contributed by atoms with van der Waals surface area (Å²) >= 11 is 4.81. The first kappa shape index (κ1) is 18.7. The van der Waals surface area contributed by atoms with E-state index in [4.69, 9.17) is 0 Å². The van der Waals surface area contributed by atoms with Gasteiger partial charge in [0.1, 0.15) is 5.82 Å². The summed E-state index contributed by atoms with van der Waals surface area (Å²) in [6.45, 7) is 1.92. The van der Waals surface area contributed by atoms with Crippen molar-refractivity contribution in [2.24, 2.45) is 0 Å². The van der Waals surface area contributed by atoms with Crippen LogP contribution in [0.25, 0.3) is 16.5 Å². The molecule has 1 aromatic heterocycles. The Kier molecular flexibility index (Phi) is 5.45. The molecule has 0 fully saturated rings. The number of aryl methyl sites for hydroxylation is 1. The van der Waals surface area contributed by atoms with Gasteiger partial charge >= 0.3 is 0 Å². The van der Waals surface area contributed by atoms with Crippen LogP contribution in [0, 0.1) is 6.92 Å². The number of anilines is 1. The largest absolute Gasteiger partial charge is 0.324 e. The molecule has 0 saturated carbocycles. The number of carbonyl (C=O) groups is 1. The van der Waals surface area contributed by atoms with Gasteiger partial charge in [0, 0.05) is 9.86 Å². The van der Waals surface area contributed by atoms with Crippen LogP contribution < -0.4 is 5.32 Å². The van der Waals surface area contributed by atoms with Gasteiger partial charge in [-0.05, 0) is 46.4 Å². The summed E-state index contributed by atoms with van der Waals surface area (Å²) in [4.78, 5) is 12.4. The molecule has 0 atom stereocenters. The predicted molar refractivity (Wildman–Crippen MR) is 117 cm³/mol. The van der Waals surface area contributed by atoms with Crippen LogP contribution in [0.4, 0.5) is 5.69 Å². The monoisotopic (exact) mass is 452 g/mol. The zero-order valence-electron chi connectivity index (χ0n) is 15.1. The second-order valence-electron chi connectivity index (χ2n) is 6.18. The molecule has 1 N–H and O–H groups in total. The second kappa shape index (κ2) is 8.16. The van der Waals surface area contributed by atoms with Gasteiger partial charge in [0.15, 0.2) is 5.16 Å². The molecule has 0 unspecified atom stereocenters. The van der Waals surface area contributed by atoms with Crippen LogP contribution in [0.15, 0.2) is 76.4 Å². The highest BCUT2D eigenvalue weighted by Gasteiger charge is 2.15. The lowest BCUT2D eigenvalue weighted by atomic mass is 10.1. The molecule has 4 aromatic rings. The Morgan fingerprint density at radius 2 is 1.79 bits per heavy atom. The summed E-state index contributed by atoms with van der Waals surface area (Å²) in [5.41, 5.74) is 1.76. The Labute approximate surface area is 175 Å². The summed E-state index contributed by atoms with van der Waals surface area (Å²) in [5, 5.41) is 14.4. The third kappa shape index (κ3) is 3.81. The van der Waals surface area contributed by atoms with Crippen LogP contribution in [0.3, 0.4) is 0 Å². The van der Waals surface area contributed by atoms with Gasteiger partial charge in [0.25, 0.3) is 0 Å². The van der Waals surface area contributed by atoms with Crippen LogP contribution in [-0.4, -0.2) is 26.4 Å². The van der Waals surface area contributed by atoms with Gasteiger partial charge < -0.3 is 5.32 Å². The first-order chi connectivity index (χ1) is 13.6. The Morgan fingerprint density at radius 3 is 2.64 bits per heavy atom. The summed E-state index contributed by atoms with van der Waals surface area (Å²) in [6.07, 6.45) is 0. The number of amides is 1. The van der Waals surface area contributed by atoms with E-state index in [9.17, 15) is 4.79 Å². The average Bonchev–Trinajstić information content (AvgIpc) is 3.08. The molecule has 0 spiro atoms. The number of para-hydroxylation sites is 1. The van der Waals surface area contributed by atoms with Crippen molar-refractivity contribution in [1.29, 1.82) is 0 Å². The Bertz CT molecular complexity index is 1150. The normalized spacial score (nSPS) is 10.9. The molecule has 1 amide bonds. The fourth-order valence-corrected chi connectivity index (χ4v) is 4.17. The van der Waals surface area contributed by atoms with E-state index in [1.54, 1.807) is 0 Å². The van der Waals surface area contributed by atoms with E-state index >= 15 is 0 Å². The molecule has 0 bridgehead atoms. The van der Waals surface area contributed by atoms with Crippen molar-refractivity contribution in [2.45, 2.75) is 12.1 Å². The lowest BCUT2D eigenvalue weighted by Gasteiger charge is -2.12. The van der Waals surface area contributed by atoms with E-state index in [1.165, 1.54) is 11.8 Å². The quantitative estimate of drug-likeness (QED) is 0.421. The summed E-state index contributed by atoms with van der Waals surface area (Å²) < 4.78 is 2.85. The average molecular weight is 453 g/mol. The Balaban J connectivity index is 1.57. The van der Waals surface area contributed by atoms with Crippen molar-refractivity contribution in [1.82, 2.24) is 14.8 Å². The molecule has 3 aromatic carbocycles. The van der Waals surface area contributed by atoms with Crippen molar-refractivity contribution >= 4 is 50.1 Å². The fraction of sp³-hybridized carbons (Fsp3) is 0.0952. The molecular weight excluding hydrogens is 436 g/mol. The van der Waals surface area contributed by atoms with Crippen molar-refractivity contribution in [3.63, 3.8) is 0 Å². The van der Waals surface area contributed by atoms with E-state index in [1.807, 2.05) is 60.0 Å². The number of hydrogen-bond acceptors (Lipinski definition) is 4. The van der Waals surface area contributed by atoms with Gasteiger partial charge in [-0.15, -0.1) is 10.2 Å². The molecule has 0 aliphatic carbocycles. The SMILES string of the molecule is Cc1nnc(SCC(=O)Nc2ccccc2Br)n1-c1cccc2ccccc12. The topological polar surface area (TPSA) is 59.8 Å². The van der Waals surface area contributed by atoms with Crippen LogP contribution in [0.1, 0.15) is 5.82 Å². The number of carbonyl (C=O) groups excluding carboxylic acids is 1. The van der Waals surface area contributed by atoms with E-state index in [0.717, 1.165) is 32.4 Å². The Morgan fingerprint density at radius 1 is 1.04 bits per heavy atom. The van der Waals surface area contributed by atoms with Crippen molar-refractivity contribution in [3.8, 4) is 5.69 Å². The smallest absolute Gasteiger partial charge is 0.234 e. The van der Waals surface area contributed by atoms with E-state index in [2.05, 4.69) is 49.6 Å². The van der Waals surface area contributed by atoms with E-state index < -0.39 is 0 Å². The number of nitrogens with one attached hydrogen (secondary N) is 1. The number of hydrogen-bond donors (Lipinski definition) is 1. The highest BCUT2D eigenvalue weighted by atomic mass is 79.9. The third-order valence-electron chi connectivity index (χ3n) is 4.28. The number of aromatic nitrogens is 3. The molecule has 140 valence electrons. The zero-order valence-corrected chi connectivity index (χ0v) is 17.5. The summed E-state index contributed by atoms with van der Waals surface area (Å²) in [7, 11) is 0. The van der Waals surface area contributed by atoms with Gasteiger partial charge in [-0.2, -0.15) is 0 Å². The summed E-state index contributed by atoms with van der Waals surface area (Å²) in [6, 6.07) is 21.9. The molecule has 5 nitrogen and oxygen atoms in total. The minimum Gasteiger partial charge on any atom is -0.324 e. The van der Waals surface area contributed by atoms with Gasteiger partial charge in [-0.1, -0.05) is 60.3 Å². The summed E-state index contributed by atoms with van der Waals surface area (Å²) in [5.74, 6) is 0.927. The van der Waals surface area contributed by atoms with Crippen LogP contribution in [0.2, 0.25) is 0 Å². The van der Waals surface area contributed by atoms with Crippen LogP contribution in [-0.2, 0) is 4.79 Å². The zero-order chi connectivity index (χ0) is 19.5. The minimum absolute atomic E-state index is 0.0953. The number of benzene rings is 3. The van der Waals surface area contributed by atoms with Gasteiger partial charge in [-0.25, -0.2) is 0 Å². The maximum absolute atomic E-state index is 12.4. The van der Waals surface area contributed by atoms with Crippen molar-refractivity contribution in [2.75, 3.05) is 11.1 Å². The highest BCUT2D eigenvalue weighted by Crippen LogP contribution is 2.28. The Hall–Kier alpha value is -2.64. The standard InChI is InChI=1S/C21H17BrN4OS/c1-14-24-25-21(28-13-20(27)23-18-11-5-4-10-17(18)22)26(14)19-12-6-8-15-7-2-3-9-16(15)19/h2-12H,13H2,1H3,(H,23,27).